The third-order valence-electron chi connectivity index (χ3n) is 2.11. The summed E-state index contributed by atoms with van der Waals surface area (Å²) in [5.41, 5.74) is 6.88. The van der Waals surface area contributed by atoms with Gasteiger partial charge in [-0.05, 0) is 35.3 Å². The lowest BCUT2D eigenvalue weighted by Crippen LogP contribution is -2.14. The molecule has 14 heavy (non-hydrogen) atoms. The first-order chi connectivity index (χ1) is 6.54. The van der Waals surface area contributed by atoms with Gasteiger partial charge in [-0.3, -0.25) is 0 Å². The molecule has 1 aromatic rings. The summed E-state index contributed by atoms with van der Waals surface area (Å²) in [7, 11) is 0. The van der Waals surface area contributed by atoms with Gasteiger partial charge in [-0.2, -0.15) is 0 Å². The van der Waals surface area contributed by atoms with Crippen LogP contribution in [-0.4, -0.2) is 6.04 Å². The van der Waals surface area contributed by atoms with Crippen LogP contribution in [-0.2, 0) is 0 Å². The van der Waals surface area contributed by atoms with Crippen molar-refractivity contribution in [3.8, 4) is 0 Å². The standard InChI is InChI=1S/C10H14BrFN2/c1-3-6(2)14-10-4-7(11)8(12)5-9(10)13/h4-6,14H,3,13H2,1-2H3. The van der Waals surface area contributed by atoms with Crippen LogP contribution in [0.25, 0.3) is 0 Å². The Morgan fingerprint density at radius 3 is 2.79 bits per heavy atom. The monoisotopic (exact) mass is 260 g/mol. The van der Waals surface area contributed by atoms with Crippen molar-refractivity contribution in [1.29, 1.82) is 0 Å². The number of benzene rings is 1. The molecule has 0 radical (unpaired) electrons. The zero-order valence-electron chi connectivity index (χ0n) is 8.27. The van der Waals surface area contributed by atoms with E-state index in [-0.39, 0.29) is 5.82 Å². The molecular weight excluding hydrogens is 247 g/mol. The number of hydrogen-bond acceptors (Lipinski definition) is 2. The summed E-state index contributed by atoms with van der Waals surface area (Å²) < 4.78 is 13.5. The molecule has 3 N–H and O–H groups in total. The first-order valence-corrected chi connectivity index (χ1v) is 5.35. The van der Waals surface area contributed by atoms with Crippen molar-refractivity contribution in [2.75, 3.05) is 11.1 Å². The molecule has 1 rings (SSSR count). The summed E-state index contributed by atoms with van der Waals surface area (Å²) >= 11 is 3.12. The number of anilines is 2. The Bertz CT molecular complexity index is 328. The zero-order valence-corrected chi connectivity index (χ0v) is 9.86. The normalized spacial score (nSPS) is 12.6. The lowest BCUT2D eigenvalue weighted by Gasteiger charge is -2.15. The highest BCUT2D eigenvalue weighted by molar-refractivity contribution is 9.10. The van der Waals surface area contributed by atoms with Crippen LogP contribution in [0.4, 0.5) is 15.8 Å². The number of rotatable bonds is 3. The van der Waals surface area contributed by atoms with Crippen LogP contribution in [0, 0.1) is 5.82 Å². The summed E-state index contributed by atoms with van der Waals surface area (Å²) in [6, 6.07) is 3.31. The van der Waals surface area contributed by atoms with E-state index in [1.165, 1.54) is 6.07 Å². The molecule has 0 aromatic heterocycles. The first kappa shape index (κ1) is 11.3. The van der Waals surface area contributed by atoms with Gasteiger partial charge < -0.3 is 11.1 Å². The van der Waals surface area contributed by atoms with Crippen LogP contribution in [0.3, 0.4) is 0 Å². The third kappa shape index (κ3) is 2.61. The second-order valence-corrected chi connectivity index (χ2v) is 4.16. The molecule has 0 spiro atoms. The van der Waals surface area contributed by atoms with Gasteiger partial charge in [0.1, 0.15) is 5.82 Å². The molecule has 0 bridgehead atoms. The fourth-order valence-corrected chi connectivity index (χ4v) is 1.40. The van der Waals surface area contributed by atoms with E-state index in [2.05, 4.69) is 35.1 Å². The van der Waals surface area contributed by atoms with Gasteiger partial charge in [0.2, 0.25) is 0 Å². The lowest BCUT2D eigenvalue weighted by atomic mass is 10.2. The number of hydrogen-bond donors (Lipinski definition) is 2. The van der Waals surface area contributed by atoms with Gasteiger partial charge in [-0.15, -0.1) is 0 Å². The van der Waals surface area contributed by atoms with Gasteiger partial charge in [0.25, 0.3) is 0 Å². The van der Waals surface area contributed by atoms with Crippen molar-refractivity contribution in [3.05, 3.63) is 22.4 Å². The second kappa shape index (κ2) is 4.64. The van der Waals surface area contributed by atoms with Crippen molar-refractivity contribution in [2.45, 2.75) is 26.3 Å². The van der Waals surface area contributed by atoms with Crippen molar-refractivity contribution in [2.24, 2.45) is 0 Å². The maximum Gasteiger partial charge on any atom is 0.139 e. The van der Waals surface area contributed by atoms with Gasteiger partial charge in [0.05, 0.1) is 15.8 Å². The number of halogens is 2. The molecule has 0 aliphatic carbocycles. The Hall–Kier alpha value is -0.770. The van der Waals surface area contributed by atoms with Crippen molar-refractivity contribution < 1.29 is 4.39 Å². The Balaban J connectivity index is 2.92. The van der Waals surface area contributed by atoms with E-state index in [1.54, 1.807) is 6.07 Å². The predicted molar refractivity (Wildman–Crippen MR) is 61.9 cm³/mol. The molecule has 0 heterocycles. The van der Waals surface area contributed by atoms with Crippen molar-refractivity contribution >= 4 is 27.3 Å². The SMILES string of the molecule is CCC(C)Nc1cc(Br)c(F)cc1N. The zero-order chi connectivity index (χ0) is 10.7. The fraction of sp³-hybridized carbons (Fsp3) is 0.400. The molecule has 0 amide bonds. The molecule has 0 saturated carbocycles. The van der Waals surface area contributed by atoms with Crippen LogP contribution in [0.15, 0.2) is 16.6 Å². The molecule has 4 heteroatoms. The van der Waals surface area contributed by atoms with Gasteiger partial charge >= 0.3 is 0 Å². The number of nitrogen functional groups attached to an aromatic ring is 1. The van der Waals surface area contributed by atoms with Crippen molar-refractivity contribution in [1.82, 2.24) is 0 Å². The molecule has 78 valence electrons. The molecule has 2 nitrogen and oxygen atoms in total. The smallest absolute Gasteiger partial charge is 0.139 e. The molecule has 0 aliphatic rings. The maximum absolute atomic E-state index is 13.0. The highest BCUT2D eigenvalue weighted by Crippen LogP contribution is 2.27. The number of nitrogens with one attached hydrogen (secondary N) is 1. The van der Waals surface area contributed by atoms with E-state index in [0.717, 1.165) is 12.1 Å². The maximum atomic E-state index is 13.0. The minimum Gasteiger partial charge on any atom is -0.397 e. The predicted octanol–water partition coefficient (Wildman–Crippen LogP) is 3.38. The summed E-state index contributed by atoms with van der Waals surface area (Å²) in [4.78, 5) is 0. The summed E-state index contributed by atoms with van der Waals surface area (Å²) in [6.07, 6.45) is 0.994. The van der Waals surface area contributed by atoms with E-state index in [0.29, 0.717) is 16.2 Å². The molecule has 0 fully saturated rings. The van der Waals surface area contributed by atoms with Crippen LogP contribution >= 0.6 is 15.9 Å². The minimum absolute atomic E-state index is 0.328. The summed E-state index contributed by atoms with van der Waals surface area (Å²) in [5, 5.41) is 3.21. The quantitative estimate of drug-likeness (QED) is 0.818. The summed E-state index contributed by atoms with van der Waals surface area (Å²) in [6.45, 7) is 4.13. The van der Waals surface area contributed by atoms with Gasteiger partial charge in [-0.25, -0.2) is 4.39 Å². The van der Waals surface area contributed by atoms with Gasteiger partial charge in [0, 0.05) is 12.1 Å². The molecular formula is C10H14BrFN2. The number of nitrogens with two attached hydrogens (primary N) is 1. The molecule has 1 atom stereocenters. The van der Waals surface area contributed by atoms with E-state index in [4.69, 9.17) is 5.73 Å². The Labute approximate surface area is 91.8 Å². The van der Waals surface area contributed by atoms with Crippen LogP contribution in [0.2, 0.25) is 0 Å². The molecule has 0 saturated heterocycles. The average molecular weight is 261 g/mol. The summed E-state index contributed by atoms with van der Waals surface area (Å²) in [5.74, 6) is -0.336. The van der Waals surface area contributed by atoms with Crippen LogP contribution < -0.4 is 11.1 Å². The topological polar surface area (TPSA) is 38.0 Å². The Kier molecular flexibility index (Phi) is 3.75. The van der Waals surface area contributed by atoms with E-state index in [9.17, 15) is 4.39 Å². The lowest BCUT2D eigenvalue weighted by molar-refractivity contribution is 0.621. The minimum atomic E-state index is -0.336. The first-order valence-electron chi connectivity index (χ1n) is 4.55. The Morgan fingerprint density at radius 1 is 1.57 bits per heavy atom. The molecule has 1 aromatic carbocycles. The fourth-order valence-electron chi connectivity index (χ4n) is 1.05. The molecule has 0 aliphatic heterocycles. The van der Waals surface area contributed by atoms with Gasteiger partial charge in [0.15, 0.2) is 0 Å². The van der Waals surface area contributed by atoms with Crippen LogP contribution in [0.5, 0.6) is 0 Å². The van der Waals surface area contributed by atoms with Crippen LogP contribution in [0.1, 0.15) is 20.3 Å². The third-order valence-corrected chi connectivity index (χ3v) is 2.71. The van der Waals surface area contributed by atoms with E-state index in [1.807, 2.05) is 0 Å². The van der Waals surface area contributed by atoms with Gasteiger partial charge in [-0.1, -0.05) is 6.92 Å². The Morgan fingerprint density at radius 2 is 2.21 bits per heavy atom. The van der Waals surface area contributed by atoms with E-state index >= 15 is 0 Å². The van der Waals surface area contributed by atoms with E-state index < -0.39 is 0 Å². The highest BCUT2D eigenvalue weighted by Gasteiger charge is 2.07. The highest BCUT2D eigenvalue weighted by atomic mass is 79.9. The second-order valence-electron chi connectivity index (χ2n) is 3.31. The average Bonchev–Trinajstić information content (AvgIpc) is 2.14. The van der Waals surface area contributed by atoms with Crippen molar-refractivity contribution in [3.63, 3.8) is 0 Å². The molecule has 1 unspecified atom stereocenters. The largest absolute Gasteiger partial charge is 0.397 e.